The molecule has 0 radical (unpaired) electrons. The average Bonchev–Trinajstić information content (AvgIpc) is 2.99. The second-order valence-electron chi connectivity index (χ2n) is 8.16. The van der Waals surface area contributed by atoms with E-state index in [1.54, 1.807) is 0 Å². The van der Waals surface area contributed by atoms with Crippen molar-refractivity contribution in [1.82, 2.24) is 0 Å². The Balaban J connectivity index is 2.68. The van der Waals surface area contributed by atoms with Gasteiger partial charge in [0.1, 0.15) is 11.7 Å². The highest BCUT2D eigenvalue weighted by atomic mass is 16.7. The third-order valence-electron chi connectivity index (χ3n) is 5.37. The summed E-state index contributed by atoms with van der Waals surface area (Å²) in [5.74, 6) is -3.79. The summed E-state index contributed by atoms with van der Waals surface area (Å²) in [7, 11) is 7.86. The number of ketones is 1. The molecule has 14 heteroatoms. The van der Waals surface area contributed by atoms with Gasteiger partial charge in [-0.1, -0.05) is 6.08 Å². The second-order valence-corrected chi connectivity index (χ2v) is 8.16. The quantitative estimate of drug-likeness (QED) is 0.159. The van der Waals surface area contributed by atoms with Crippen LogP contribution in [-0.2, 0) is 52.3 Å². The Bertz CT molecular complexity index is 1230. The van der Waals surface area contributed by atoms with Gasteiger partial charge in [0.15, 0.2) is 56.0 Å². The number of esters is 2. The third kappa shape index (κ3) is 9.34. The topological polar surface area (TPSA) is 164 Å². The molecule has 0 heterocycles. The first kappa shape index (κ1) is 33.8. The molecule has 230 valence electrons. The molecule has 42 heavy (non-hydrogen) atoms. The van der Waals surface area contributed by atoms with Crippen LogP contribution in [0.5, 0.6) is 17.2 Å². The smallest absolute Gasteiger partial charge is 0.334 e. The van der Waals surface area contributed by atoms with Gasteiger partial charge in [-0.15, -0.1) is 0 Å². The molecular weight excluding hydrogens is 560 g/mol. The fourth-order valence-electron chi connectivity index (χ4n) is 3.46. The lowest BCUT2D eigenvalue weighted by Gasteiger charge is -2.19. The molecule has 0 aromatic heterocycles. The first-order chi connectivity index (χ1) is 20.2. The van der Waals surface area contributed by atoms with E-state index in [1.807, 2.05) is 0 Å². The molecule has 1 aromatic rings. The third-order valence-corrected chi connectivity index (χ3v) is 5.37. The summed E-state index contributed by atoms with van der Waals surface area (Å²) in [6, 6.07) is 2.59. The van der Waals surface area contributed by atoms with Crippen LogP contribution < -0.4 is 9.47 Å². The van der Waals surface area contributed by atoms with Gasteiger partial charge >= 0.3 is 11.9 Å². The van der Waals surface area contributed by atoms with Crippen LogP contribution in [0.2, 0.25) is 0 Å². The molecule has 0 saturated carbocycles. The standard InChI is InChI=1S/C28H34O14/c1-33-13-39-23-9-17(21(29)11-25(23)41-15-35-3)7-19(27(31)37-5)20(28(32)38-6)8-18-10-24(40-14-34-2)26(12-22(18)30)42-16-36-4/h7-12,19,30H,13-16H2,1-6H3/b17-7+,20-8+. The molecule has 0 aliphatic heterocycles. The summed E-state index contributed by atoms with van der Waals surface area (Å²) in [5.41, 5.74) is -0.266. The van der Waals surface area contributed by atoms with Crippen LogP contribution in [0.3, 0.4) is 0 Å². The van der Waals surface area contributed by atoms with Crippen molar-refractivity contribution in [1.29, 1.82) is 0 Å². The molecule has 0 fully saturated rings. The summed E-state index contributed by atoms with van der Waals surface area (Å²) in [5, 5.41) is 10.7. The van der Waals surface area contributed by atoms with Crippen LogP contribution in [0.1, 0.15) is 5.56 Å². The van der Waals surface area contributed by atoms with Crippen molar-refractivity contribution in [3.8, 4) is 17.2 Å². The minimum atomic E-state index is -1.47. The number of methoxy groups -OCH3 is 6. The van der Waals surface area contributed by atoms with Gasteiger partial charge in [0, 0.05) is 51.7 Å². The Morgan fingerprint density at radius 2 is 1.29 bits per heavy atom. The van der Waals surface area contributed by atoms with Gasteiger partial charge in [0.05, 0.1) is 19.8 Å². The molecule has 1 aromatic carbocycles. The maximum absolute atomic E-state index is 13.0. The predicted molar refractivity (Wildman–Crippen MR) is 144 cm³/mol. The van der Waals surface area contributed by atoms with E-state index in [1.165, 1.54) is 58.8 Å². The normalized spacial score (nSPS) is 15.0. The lowest BCUT2D eigenvalue weighted by atomic mass is 9.91. The number of benzene rings is 1. The summed E-state index contributed by atoms with van der Waals surface area (Å²) in [6.07, 6.45) is 4.84. The monoisotopic (exact) mass is 594 g/mol. The summed E-state index contributed by atoms with van der Waals surface area (Å²) < 4.78 is 51.4. The van der Waals surface area contributed by atoms with Crippen LogP contribution in [0.4, 0.5) is 0 Å². The Morgan fingerprint density at radius 3 is 1.81 bits per heavy atom. The molecule has 14 nitrogen and oxygen atoms in total. The van der Waals surface area contributed by atoms with Crippen molar-refractivity contribution in [3.05, 3.63) is 58.6 Å². The predicted octanol–water partition coefficient (Wildman–Crippen LogP) is 2.22. The van der Waals surface area contributed by atoms with Gasteiger partial charge in [-0.05, 0) is 18.2 Å². The number of aromatic hydroxyl groups is 1. The molecule has 1 N–H and O–H groups in total. The number of carbonyl (C=O) groups excluding carboxylic acids is 3. The zero-order valence-corrected chi connectivity index (χ0v) is 24.1. The van der Waals surface area contributed by atoms with Gasteiger partial charge < -0.3 is 52.5 Å². The van der Waals surface area contributed by atoms with Crippen molar-refractivity contribution < 1.29 is 66.9 Å². The number of allylic oxidation sites excluding steroid dienone is 3. The van der Waals surface area contributed by atoms with Crippen LogP contribution in [0.15, 0.2) is 53.0 Å². The summed E-state index contributed by atoms with van der Waals surface area (Å²) in [6.45, 7) is -0.649. The Labute approximate surface area is 242 Å². The molecule has 0 saturated heterocycles. The largest absolute Gasteiger partial charge is 0.507 e. The van der Waals surface area contributed by atoms with Gasteiger partial charge in [0.25, 0.3) is 0 Å². The molecule has 2 rings (SSSR count). The molecular formula is C28H34O14. The first-order valence-electron chi connectivity index (χ1n) is 12.2. The number of rotatable bonds is 17. The van der Waals surface area contributed by atoms with E-state index >= 15 is 0 Å². The highest BCUT2D eigenvalue weighted by Gasteiger charge is 2.31. The van der Waals surface area contributed by atoms with Crippen LogP contribution >= 0.6 is 0 Å². The molecule has 1 aliphatic carbocycles. The molecule has 1 aliphatic rings. The maximum Gasteiger partial charge on any atom is 0.334 e. The Hall–Kier alpha value is -4.37. The van der Waals surface area contributed by atoms with E-state index in [4.69, 9.17) is 47.4 Å². The van der Waals surface area contributed by atoms with Gasteiger partial charge in [-0.3, -0.25) is 9.59 Å². The van der Waals surface area contributed by atoms with E-state index in [-0.39, 0.29) is 72.6 Å². The zero-order chi connectivity index (χ0) is 31.1. The lowest BCUT2D eigenvalue weighted by Crippen LogP contribution is -2.24. The van der Waals surface area contributed by atoms with E-state index in [2.05, 4.69) is 0 Å². The fourth-order valence-corrected chi connectivity index (χ4v) is 3.46. The minimum Gasteiger partial charge on any atom is -0.507 e. The molecule has 0 spiro atoms. The average molecular weight is 595 g/mol. The van der Waals surface area contributed by atoms with Crippen molar-refractivity contribution in [2.24, 2.45) is 5.92 Å². The highest BCUT2D eigenvalue weighted by molar-refractivity contribution is 6.09. The van der Waals surface area contributed by atoms with Crippen molar-refractivity contribution in [2.75, 3.05) is 69.8 Å². The van der Waals surface area contributed by atoms with Crippen LogP contribution in [-0.4, -0.2) is 92.7 Å². The van der Waals surface area contributed by atoms with Crippen molar-refractivity contribution in [3.63, 3.8) is 0 Å². The molecule has 0 bridgehead atoms. The number of carbonyl (C=O) groups is 3. The van der Waals surface area contributed by atoms with Crippen molar-refractivity contribution in [2.45, 2.75) is 0 Å². The minimum absolute atomic E-state index is 0.0345. The lowest BCUT2D eigenvalue weighted by molar-refractivity contribution is -0.145. The van der Waals surface area contributed by atoms with Gasteiger partial charge in [-0.2, -0.15) is 0 Å². The highest BCUT2D eigenvalue weighted by Crippen LogP contribution is 2.37. The molecule has 1 atom stereocenters. The van der Waals surface area contributed by atoms with E-state index in [0.717, 1.165) is 20.3 Å². The molecule has 1 unspecified atom stereocenters. The maximum atomic E-state index is 13.0. The number of ether oxygens (including phenoxy) is 10. The molecule has 0 amide bonds. The Kier molecular flexibility index (Phi) is 14.1. The van der Waals surface area contributed by atoms with Gasteiger partial charge in [0.2, 0.25) is 0 Å². The zero-order valence-electron chi connectivity index (χ0n) is 24.1. The summed E-state index contributed by atoms with van der Waals surface area (Å²) in [4.78, 5) is 38.9. The van der Waals surface area contributed by atoms with E-state index in [9.17, 15) is 19.5 Å². The number of phenols is 1. The number of hydrogen-bond acceptors (Lipinski definition) is 14. The fraction of sp³-hybridized carbons (Fsp3) is 0.393. The van der Waals surface area contributed by atoms with Crippen molar-refractivity contribution >= 4 is 23.8 Å². The van der Waals surface area contributed by atoms with Gasteiger partial charge in [-0.25, -0.2) is 4.79 Å². The van der Waals surface area contributed by atoms with E-state index < -0.39 is 23.6 Å². The van der Waals surface area contributed by atoms with Crippen LogP contribution in [0.25, 0.3) is 6.08 Å². The SMILES string of the molecule is COCOC1=CC(=O)/C(=C/C(C(=O)OC)/C(=C\c2cc(OCOC)c(OCOC)cc2O)C(=O)OC)C=C1OCOC. The van der Waals surface area contributed by atoms with E-state index in [0.29, 0.717) is 0 Å². The second kappa shape index (κ2) is 17.4. The Morgan fingerprint density at radius 1 is 0.762 bits per heavy atom. The first-order valence-corrected chi connectivity index (χ1v) is 12.2. The number of hydrogen-bond donors (Lipinski definition) is 1. The summed E-state index contributed by atoms with van der Waals surface area (Å²) >= 11 is 0. The number of phenolic OH excluding ortho intramolecular Hbond substituents is 1. The van der Waals surface area contributed by atoms with Crippen LogP contribution in [0, 0.1) is 5.92 Å².